The Hall–Kier alpha value is -3.09. The van der Waals surface area contributed by atoms with Crippen LogP contribution in [0, 0.1) is 0 Å². The molecule has 0 bridgehead atoms. The highest BCUT2D eigenvalue weighted by atomic mass is 16.5. The largest absolute Gasteiger partial charge is 0.481 e. The van der Waals surface area contributed by atoms with Gasteiger partial charge in [0.2, 0.25) is 0 Å². The molecule has 0 aliphatic heterocycles. The molecule has 0 spiro atoms. The van der Waals surface area contributed by atoms with Crippen molar-refractivity contribution < 1.29 is 18.5 Å². The van der Waals surface area contributed by atoms with E-state index in [1.165, 1.54) is 6.07 Å². The maximum atomic E-state index is 12.7. The van der Waals surface area contributed by atoms with E-state index in [4.69, 9.17) is 13.7 Å². The predicted octanol–water partition coefficient (Wildman–Crippen LogP) is 3.65. The molecule has 1 atom stereocenters. The molecule has 2 aromatic heterocycles. The first-order valence-corrected chi connectivity index (χ1v) is 9.88. The molecule has 152 valence electrons. The van der Waals surface area contributed by atoms with Crippen LogP contribution in [-0.2, 0) is 17.8 Å². The number of hydrogen-bond acceptors (Lipinski definition) is 6. The predicted molar refractivity (Wildman–Crippen MR) is 107 cm³/mol. The van der Waals surface area contributed by atoms with Gasteiger partial charge in [0, 0.05) is 36.6 Å². The Morgan fingerprint density at radius 3 is 2.83 bits per heavy atom. The molecular weight excluding hydrogens is 372 g/mol. The van der Waals surface area contributed by atoms with Crippen molar-refractivity contribution in [2.24, 2.45) is 0 Å². The lowest BCUT2D eigenvalue weighted by atomic mass is 10.1. The van der Waals surface area contributed by atoms with Gasteiger partial charge in [0.1, 0.15) is 22.8 Å². The lowest BCUT2D eigenvalue weighted by molar-refractivity contribution is -0.137. The van der Waals surface area contributed by atoms with E-state index in [2.05, 4.69) is 5.16 Å². The highest BCUT2D eigenvalue weighted by molar-refractivity contribution is 5.83. The minimum atomic E-state index is -0.701. The number of aryl methyl sites for hydroxylation is 1. The number of rotatable bonds is 7. The smallest absolute Gasteiger partial charge is 0.336 e. The van der Waals surface area contributed by atoms with Crippen LogP contribution in [0.15, 0.2) is 44.1 Å². The van der Waals surface area contributed by atoms with Gasteiger partial charge in [0.25, 0.3) is 5.91 Å². The molecule has 0 radical (unpaired) electrons. The highest BCUT2D eigenvalue weighted by Crippen LogP contribution is 2.40. The number of amides is 1. The molecule has 7 nitrogen and oxygen atoms in total. The Labute approximate surface area is 168 Å². The minimum Gasteiger partial charge on any atom is -0.481 e. The summed E-state index contributed by atoms with van der Waals surface area (Å²) in [7, 11) is 1.71. The second-order valence-electron chi connectivity index (χ2n) is 7.55. The van der Waals surface area contributed by atoms with Gasteiger partial charge in [-0.25, -0.2) is 4.79 Å². The molecule has 3 aromatic rings. The van der Waals surface area contributed by atoms with Crippen LogP contribution in [0.25, 0.3) is 11.0 Å². The van der Waals surface area contributed by atoms with Crippen LogP contribution in [0.1, 0.15) is 49.6 Å². The molecule has 29 heavy (non-hydrogen) atoms. The summed E-state index contributed by atoms with van der Waals surface area (Å²) >= 11 is 0. The van der Waals surface area contributed by atoms with Crippen LogP contribution in [0.2, 0.25) is 0 Å². The summed E-state index contributed by atoms with van der Waals surface area (Å²) in [6.45, 7) is 4.03. The second kappa shape index (κ2) is 7.73. The topological polar surface area (TPSA) is 85.8 Å². The average molecular weight is 396 g/mol. The number of carbonyl (C=O) groups is 1. The highest BCUT2D eigenvalue weighted by Gasteiger charge is 2.28. The molecule has 1 aliphatic rings. The van der Waals surface area contributed by atoms with Crippen molar-refractivity contribution in [1.29, 1.82) is 0 Å². The van der Waals surface area contributed by atoms with Crippen molar-refractivity contribution in [2.75, 3.05) is 7.05 Å². The van der Waals surface area contributed by atoms with Gasteiger partial charge in [0.15, 0.2) is 6.10 Å². The Morgan fingerprint density at radius 1 is 1.31 bits per heavy atom. The third kappa shape index (κ3) is 4.18. The fourth-order valence-electron chi connectivity index (χ4n) is 3.42. The average Bonchev–Trinajstić information content (AvgIpc) is 3.45. The zero-order chi connectivity index (χ0) is 20.5. The summed E-state index contributed by atoms with van der Waals surface area (Å²) < 4.78 is 16.4. The fraction of sp³-hybridized carbons (Fsp3) is 0.409. The number of benzene rings is 1. The van der Waals surface area contributed by atoms with Crippen LogP contribution in [0.5, 0.6) is 5.75 Å². The first-order valence-electron chi connectivity index (χ1n) is 9.88. The Balaban J connectivity index is 1.43. The number of nitrogens with zero attached hydrogens (tertiary/aromatic N) is 2. The molecule has 1 aliphatic carbocycles. The van der Waals surface area contributed by atoms with Crippen molar-refractivity contribution in [3.05, 3.63) is 57.8 Å². The second-order valence-corrected chi connectivity index (χ2v) is 7.55. The number of aromatic nitrogens is 1. The van der Waals surface area contributed by atoms with Crippen LogP contribution < -0.4 is 10.4 Å². The van der Waals surface area contributed by atoms with Gasteiger partial charge in [-0.2, -0.15) is 0 Å². The third-order valence-electron chi connectivity index (χ3n) is 5.18. The summed E-state index contributed by atoms with van der Waals surface area (Å²) in [5.41, 5.74) is 1.71. The number of hydrogen-bond donors (Lipinski definition) is 0. The van der Waals surface area contributed by atoms with Crippen LogP contribution >= 0.6 is 0 Å². The quantitative estimate of drug-likeness (QED) is 0.567. The molecule has 7 heteroatoms. The van der Waals surface area contributed by atoms with Crippen LogP contribution in [0.4, 0.5) is 0 Å². The van der Waals surface area contributed by atoms with Crippen molar-refractivity contribution in [3.8, 4) is 5.75 Å². The molecule has 1 unspecified atom stereocenters. The number of fused-ring (bicyclic) bond motifs is 1. The van der Waals surface area contributed by atoms with Crippen molar-refractivity contribution >= 4 is 16.9 Å². The molecule has 0 saturated heterocycles. The number of carbonyl (C=O) groups excluding carboxylic acids is 1. The van der Waals surface area contributed by atoms with Crippen LogP contribution in [-0.4, -0.2) is 29.1 Å². The first-order chi connectivity index (χ1) is 13.9. The molecule has 1 amide bonds. The van der Waals surface area contributed by atoms with E-state index >= 15 is 0 Å². The van der Waals surface area contributed by atoms with E-state index in [1.807, 2.05) is 19.1 Å². The summed E-state index contributed by atoms with van der Waals surface area (Å²) in [6.07, 6.45) is 2.31. The van der Waals surface area contributed by atoms with Crippen molar-refractivity contribution in [2.45, 2.75) is 51.7 Å². The Morgan fingerprint density at radius 2 is 2.10 bits per heavy atom. The summed E-state index contributed by atoms with van der Waals surface area (Å²) in [4.78, 5) is 26.0. The standard InChI is InChI=1S/C22H24N2O5/c1-4-14-9-21(25)28-20-11-17(7-8-18(14)20)27-13(2)22(26)24(3)12-16-10-19(29-23-16)15-5-6-15/h7-11,13,15H,4-6,12H2,1-3H3. The van der Waals surface area contributed by atoms with E-state index in [9.17, 15) is 9.59 Å². The van der Waals surface area contributed by atoms with E-state index in [0.29, 0.717) is 23.8 Å². The van der Waals surface area contributed by atoms with E-state index in [0.717, 1.165) is 41.7 Å². The SMILES string of the molecule is CCc1cc(=O)oc2cc(OC(C)C(=O)N(C)Cc3cc(C4CC4)on3)ccc12. The summed E-state index contributed by atoms with van der Waals surface area (Å²) in [5, 5.41) is 4.92. The van der Waals surface area contributed by atoms with Gasteiger partial charge >= 0.3 is 5.63 Å². The minimum absolute atomic E-state index is 0.176. The van der Waals surface area contributed by atoms with Crippen molar-refractivity contribution in [3.63, 3.8) is 0 Å². The zero-order valence-electron chi connectivity index (χ0n) is 16.8. The van der Waals surface area contributed by atoms with E-state index in [-0.39, 0.29) is 5.91 Å². The van der Waals surface area contributed by atoms with Gasteiger partial charge < -0.3 is 18.6 Å². The molecule has 1 saturated carbocycles. The lowest BCUT2D eigenvalue weighted by Gasteiger charge is -2.21. The third-order valence-corrected chi connectivity index (χ3v) is 5.18. The molecule has 2 heterocycles. The van der Waals surface area contributed by atoms with Gasteiger partial charge in [0.05, 0.1) is 6.54 Å². The zero-order valence-corrected chi connectivity index (χ0v) is 16.8. The first kappa shape index (κ1) is 19.2. The van der Waals surface area contributed by atoms with E-state index < -0.39 is 11.7 Å². The van der Waals surface area contributed by atoms with E-state index in [1.54, 1.807) is 31.0 Å². The molecule has 1 aromatic carbocycles. The molecular formula is C22H24N2O5. The maximum Gasteiger partial charge on any atom is 0.336 e. The Bertz CT molecular complexity index is 1100. The maximum absolute atomic E-state index is 12.7. The molecule has 0 N–H and O–H groups in total. The number of likely N-dealkylation sites (N-methyl/N-ethyl adjacent to an activating group) is 1. The Kier molecular flexibility index (Phi) is 5.13. The molecule has 1 fully saturated rings. The summed E-state index contributed by atoms with van der Waals surface area (Å²) in [6, 6.07) is 8.71. The van der Waals surface area contributed by atoms with Gasteiger partial charge in [-0.05, 0) is 43.9 Å². The van der Waals surface area contributed by atoms with Crippen molar-refractivity contribution in [1.82, 2.24) is 10.1 Å². The molecule has 4 rings (SSSR count). The van der Waals surface area contributed by atoms with Gasteiger partial charge in [-0.3, -0.25) is 4.79 Å². The fourth-order valence-corrected chi connectivity index (χ4v) is 3.42. The normalized spacial score (nSPS) is 14.7. The number of ether oxygens (including phenoxy) is 1. The summed E-state index contributed by atoms with van der Waals surface area (Å²) in [5.74, 6) is 1.68. The lowest BCUT2D eigenvalue weighted by Crippen LogP contribution is -2.37. The van der Waals surface area contributed by atoms with Gasteiger partial charge in [-0.1, -0.05) is 12.1 Å². The van der Waals surface area contributed by atoms with Crippen LogP contribution in [0.3, 0.4) is 0 Å². The van der Waals surface area contributed by atoms with Gasteiger partial charge in [-0.15, -0.1) is 0 Å². The monoisotopic (exact) mass is 396 g/mol.